The number of nitrogens with zero attached hydrogens (tertiary/aromatic N) is 4. The molecule has 0 unspecified atom stereocenters. The first-order valence-electron chi connectivity index (χ1n) is 5.48. The second-order valence-electron chi connectivity index (χ2n) is 3.91. The van der Waals surface area contributed by atoms with Gasteiger partial charge in [-0.2, -0.15) is 0 Å². The van der Waals surface area contributed by atoms with Crippen LogP contribution in [0, 0.1) is 0 Å². The lowest BCUT2D eigenvalue weighted by Gasteiger charge is -2.27. The summed E-state index contributed by atoms with van der Waals surface area (Å²) in [6, 6.07) is 1.69. The molecule has 1 aliphatic rings. The second kappa shape index (κ2) is 5.18. The molecule has 7 heteroatoms. The number of oxime groups is 1. The van der Waals surface area contributed by atoms with Crippen LogP contribution >= 0.6 is 11.6 Å². The summed E-state index contributed by atoms with van der Waals surface area (Å²) in [6.45, 7) is 1.89. The summed E-state index contributed by atoms with van der Waals surface area (Å²) in [7, 11) is 0. The molecule has 6 nitrogen and oxygen atoms in total. The van der Waals surface area contributed by atoms with Gasteiger partial charge in [-0.05, 0) is 30.9 Å². The molecule has 92 valence electrons. The summed E-state index contributed by atoms with van der Waals surface area (Å²) in [5, 5.41) is 11.6. The van der Waals surface area contributed by atoms with E-state index in [1.807, 2.05) is 0 Å². The zero-order valence-electron chi connectivity index (χ0n) is 9.30. The molecule has 1 aromatic heterocycles. The van der Waals surface area contributed by atoms with Crippen molar-refractivity contribution in [2.75, 3.05) is 18.0 Å². The maximum Gasteiger partial charge on any atom is 0.225 e. The van der Waals surface area contributed by atoms with E-state index < -0.39 is 0 Å². The van der Waals surface area contributed by atoms with E-state index in [1.165, 1.54) is 6.42 Å². The van der Waals surface area contributed by atoms with Crippen LogP contribution in [0.15, 0.2) is 11.2 Å². The minimum absolute atomic E-state index is 0.0624. The monoisotopic (exact) mass is 255 g/mol. The molecule has 0 aromatic carbocycles. The number of halogens is 1. The average molecular weight is 256 g/mol. The Bertz CT molecular complexity index is 431. The second-order valence-corrected chi connectivity index (χ2v) is 4.25. The minimum atomic E-state index is -0.0624. The van der Waals surface area contributed by atoms with Gasteiger partial charge in [-0.15, -0.1) is 0 Å². The summed E-state index contributed by atoms with van der Waals surface area (Å²) in [6.07, 6.45) is 3.52. The number of hydrogen-bond acceptors (Lipinski definition) is 5. The highest BCUT2D eigenvalue weighted by atomic mass is 35.5. The molecule has 3 N–H and O–H groups in total. The van der Waals surface area contributed by atoms with E-state index in [9.17, 15) is 0 Å². The van der Waals surface area contributed by atoms with E-state index >= 15 is 0 Å². The van der Waals surface area contributed by atoms with Crippen molar-refractivity contribution in [2.45, 2.75) is 19.3 Å². The van der Waals surface area contributed by atoms with Gasteiger partial charge in [0.05, 0.1) is 0 Å². The maximum atomic E-state index is 8.63. The van der Waals surface area contributed by atoms with Gasteiger partial charge < -0.3 is 15.8 Å². The highest BCUT2D eigenvalue weighted by Gasteiger charge is 2.15. The largest absolute Gasteiger partial charge is 0.409 e. The molecule has 0 amide bonds. The van der Waals surface area contributed by atoms with Crippen molar-refractivity contribution in [3.8, 4) is 0 Å². The molecular formula is C10H14ClN5O. The van der Waals surface area contributed by atoms with Crippen molar-refractivity contribution >= 4 is 23.3 Å². The number of nitrogens with two attached hydrogens (primary N) is 1. The summed E-state index contributed by atoms with van der Waals surface area (Å²) in [5.74, 6) is 0.666. The van der Waals surface area contributed by atoms with Crippen LogP contribution in [0.5, 0.6) is 0 Å². The van der Waals surface area contributed by atoms with Crippen LogP contribution in [-0.2, 0) is 0 Å². The van der Waals surface area contributed by atoms with Crippen molar-refractivity contribution in [1.29, 1.82) is 0 Å². The SMILES string of the molecule is N/C(=N\O)c1cc(N2CCCCC2)nc(Cl)n1. The normalized spacial score (nSPS) is 17.2. The number of piperidine rings is 1. The zero-order chi connectivity index (χ0) is 12.3. The predicted octanol–water partition coefficient (Wildman–Crippen LogP) is 1.21. The maximum absolute atomic E-state index is 8.63. The van der Waals surface area contributed by atoms with Gasteiger partial charge in [-0.1, -0.05) is 5.16 Å². The third-order valence-electron chi connectivity index (χ3n) is 2.74. The molecule has 0 saturated carbocycles. The zero-order valence-corrected chi connectivity index (χ0v) is 10.1. The van der Waals surface area contributed by atoms with Crippen LogP contribution in [0.3, 0.4) is 0 Å². The van der Waals surface area contributed by atoms with E-state index in [0.717, 1.165) is 31.7 Å². The summed E-state index contributed by atoms with van der Waals surface area (Å²) < 4.78 is 0. The molecule has 0 radical (unpaired) electrons. The molecule has 1 fully saturated rings. The average Bonchev–Trinajstić information content (AvgIpc) is 2.38. The number of amidine groups is 1. The first kappa shape index (κ1) is 11.9. The number of aromatic nitrogens is 2. The molecule has 0 atom stereocenters. The predicted molar refractivity (Wildman–Crippen MR) is 65.6 cm³/mol. The smallest absolute Gasteiger partial charge is 0.225 e. The van der Waals surface area contributed by atoms with Gasteiger partial charge in [0.2, 0.25) is 5.28 Å². The Hall–Kier alpha value is -1.56. The van der Waals surface area contributed by atoms with E-state index in [-0.39, 0.29) is 11.1 Å². The fourth-order valence-corrected chi connectivity index (χ4v) is 2.05. The lowest BCUT2D eigenvalue weighted by atomic mass is 10.1. The van der Waals surface area contributed by atoms with Crippen LogP contribution in [0.1, 0.15) is 25.0 Å². The van der Waals surface area contributed by atoms with Gasteiger partial charge in [0, 0.05) is 19.2 Å². The fraction of sp³-hybridized carbons (Fsp3) is 0.500. The quantitative estimate of drug-likeness (QED) is 0.273. The Morgan fingerprint density at radius 3 is 2.71 bits per heavy atom. The Kier molecular flexibility index (Phi) is 3.63. The van der Waals surface area contributed by atoms with Crippen molar-refractivity contribution in [1.82, 2.24) is 9.97 Å². The summed E-state index contributed by atoms with van der Waals surface area (Å²) in [4.78, 5) is 10.2. The van der Waals surface area contributed by atoms with Crippen molar-refractivity contribution in [3.05, 3.63) is 17.0 Å². The van der Waals surface area contributed by atoms with Crippen LogP contribution in [-0.4, -0.2) is 34.1 Å². The topological polar surface area (TPSA) is 87.6 Å². The molecule has 0 spiro atoms. The Labute approximate surface area is 104 Å². The van der Waals surface area contributed by atoms with Gasteiger partial charge in [0.15, 0.2) is 5.84 Å². The Morgan fingerprint density at radius 2 is 2.06 bits per heavy atom. The number of hydrogen-bond donors (Lipinski definition) is 2. The van der Waals surface area contributed by atoms with Gasteiger partial charge in [0.1, 0.15) is 11.5 Å². The molecule has 17 heavy (non-hydrogen) atoms. The Balaban J connectivity index is 2.30. The van der Waals surface area contributed by atoms with Crippen molar-refractivity contribution in [2.24, 2.45) is 10.9 Å². The van der Waals surface area contributed by atoms with Crippen molar-refractivity contribution in [3.63, 3.8) is 0 Å². The Morgan fingerprint density at radius 1 is 1.35 bits per heavy atom. The first-order valence-corrected chi connectivity index (χ1v) is 5.86. The van der Waals surface area contributed by atoms with Gasteiger partial charge >= 0.3 is 0 Å². The number of anilines is 1. The standard InChI is InChI=1S/C10H14ClN5O/c11-10-13-7(9(12)15-17)6-8(14-10)16-4-2-1-3-5-16/h6,17H,1-5H2,(H2,12,15). The fourth-order valence-electron chi connectivity index (χ4n) is 1.87. The van der Waals surface area contributed by atoms with E-state index in [1.54, 1.807) is 6.07 Å². The lowest BCUT2D eigenvalue weighted by Crippen LogP contribution is -2.30. The highest BCUT2D eigenvalue weighted by molar-refractivity contribution is 6.28. The van der Waals surface area contributed by atoms with E-state index in [4.69, 9.17) is 22.5 Å². The number of rotatable bonds is 2. The third-order valence-corrected chi connectivity index (χ3v) is 2.90. The van der Waals surface area contributed by atoms with Crippen LogP contribution in [0.2, 0.25) is 5.28 Å². The van der Waals surface area contributed by atoms with E-state index in [2.05, 4.69) is 20.0 Å². The molecular weight excluding hydrogens is 242 g/mol. The van der Waals surface area contributed by atoms with Gasteiger partial charge in [-0.25, -0.2) is 9.97 Å². The molecule has 1 aromatic rings. The summed E-state index contributed by atoms with van der Waals surface area (Å²) >= 11 is 5.83. The molecule has 2 rings (SSSR count). The van der Waals surface area contributed by atoms with Crippen LogP contribution in [0.25, 0.3) is 0 Å². The molecule has 1 saturated heterocycles. The lowest BCUT2D eigenvalue weighted by molar-refractivity contribution is 0.318. The van der Waals surface area contributed by atoms with Crippen LogP contribution in [0.4, 0.5) is 5.82 Å². The molecule has 1 aliphatic heterocycles. The van der Waals surface area contributed by atoms with Gasteiger partial charge in [-0.3, -0.25) is 0 Å². The van der Waals surface area contributed by atoms with E-state index in [0.29, 0.717) is 5.69 Å². The highest BCUT2D eigenvalue weighted by Crippen LogP contribution is 2.19. The van der Waals surface area contributed by atoms with Crippen molar-refractivity contribution < 1.29 is 5.21 Å². The minimum Gasteiger partial charge on any atom is -0.409 e. The molecule has 0 bridgehead atoms. The molecule has 0 aliphatic carbocycles. The first-order chi connectivity index (χ1) is 8.20. The molecule has 2 heterocycles. The third kappa shape index (κ3) is 2.76. The summed E-state index contributed by atoms with van der Waals surface area (Å²) in [5.41, 5.74) is 5.83. The van der Waals surface area contributed by atoms with Gasteiger partial charge in [0.25, 0.3) is 0 Å². The van der Waals surface area contributed by atoms with Crippen LogP contribution < -0.4 is 10.6 Å².